The average molecular weight is 456 g/mol. The van der Waals surface area contributed by atoms with Gasteiger partial charge in [-0.15, -0.1) is 0 Å². The number of hydrogen-bond donors (Lipinski definition) is 1. The Morgan fingerprint density at radius 1 is 1.06 bits per heavy atom. The number of amides is 1. The number of nitrogens with zero attached hydrogens (tertiary/aromatic N) is 4. The van der Waals surface area contributed by atoms with Crippen LogP contribution >= 0.6 is 0 Å². The molecule has 0 aliphatic carbocycles. The van der Waals surface area contributed by atoms with Gasteiger partial charge in [-0.2, -0.15) is 0 Å². The molecule has 174 valence electrons. The van der Waals surface area contributed by atoms with Crippen molar-refractivity contribution in [3.8, 4) is 16.9 Å². The summed E-state index contributed by atoms with van der Waals surface area (Å²) in [6.07, 6.45) is 1.69. The van der Waals surface area contributed by atoms with Crippen molar-refractivity contribution in [3.63, 3.8) is 0 Å². The van der Waals surface area contributed by atoms with Crippen LogP contribution in [0, 0.1) is 13.8 Å². The lowest BCUT2D eigenvalue weighted by molar-refractivity contribution is 0.0822. The Hall–Kier alpha value is -4.00. The second-order valence-corrected chi connectivity index (χ2v) is 8.60. The molecule has 2 aromatic heterocycles. The smallest absolute Gasteiger partial charge is 0.271 e. The predicted molar refractivity (Wildman–Crippen MR) is 135 cm³/mol. The Balaban J connectivity index is 1.78. The Morgan fingerprint density at radius 2 is 1.85 bits per heavy atom. The van der Waals surface area contributed by atoms with E-state index in [1.165, 1.54) is 16.0 Å². The van der Waals surface area contributed by atoms with E-state index in [0.717, 1.165) is 27.8 Å². The first kappa shape index (κ1) is 23.2. The van der Waals surface area contributed by atoms with Gasteiger partial charge >= 0.3 is 0 Å². The fourth-order valence-electron chi connectivity index (χ4n) is 3.91. The van der Waals surface area contributed by atoms with Gasteiger partial charge in [0.05, 0.1) is 12.6 Å². The van der Waals surface area contributed by atoms with E-state index in [1.807, 2.05) is 25.1 Å². The monoisotopic (exact) mass is 455 g/mol. The second-order valence-electron chi connectivity index (χ2n) is 8.60. The summed E-state index contributed by atoms with van der Waals surface area (Å²) < 4.78 is 5.68. The summed E-state index contributed by atoms with van der Waals surface area (Å²) in [4.78, 5) is 27.4. The van der Waals surface area contributed by atoms with Crippen molar-refractivity contribution in [1.82, 2.24) is 19.9 Å². The molecule has 34 heavy (non-hydrogen) atoms. The SMILES string of the molecule is COc1cc2nc(C)nc(N[C@H](C)c3cccc(C)c3)c2cc1-c1ccc(C(=O)N(C)C)nc1. The molecule has 0 bridgehead atoms. The Bertz CT molecular complexity index is 1350. The molecule has 0 spiro atoms. The standard InChI is InChI=1S/C27H29N5O2/c1-16-8-7-9-19(12-16)17(2)29-26-22-13-21(25(34-6)14-24(22)30-18(3)31-26)20-10-11-23(28-15-20)27(33)32(4)5/h7-15,17H,1-6H3,(H,29,30,31)/t17-/m1/s1. The third kappa shape index (κ3) is 4.69. The fraction of sp³-hybridized carbons (Fsp3) is 0.259. The van der Waals surface area contributed by atoms with E-state index < -0.39 is 0 Å². The van der Waals surface area contributed by atoms with Gasteiger partial charge < -0.3 is 15.0 Å². The number of methoxy groups -OCH3 is 1. The van der Waals surface area contributed by atoms with Crippen LogP contribution in [0.5, 0.6) is 5.75 Å². The maximum absolute atomic E-state index is 12.2. The summed E-state index contributed by atoms with van der Waals surface area (Å²) >= 11 is 0. The van der Waals surface area contributed by atoms with E-state index in [9.17, 15) is 4.79 Å². The van der Waals surface area contributed by atoms with E-state index in [2.05, 4.69) is 53.4 Å². The van der Waals surface area contributed by atoms with Crippen LogP contribution in [0.4, 0.5) is 5.82 Å². The van der Waals surface area contributed by atoms with Crippen LogP contribution < -0.4 is 10.1 Å². The number of ether oxygens (including phenoxy) is 1. The van der Waals surface area contributed by atoms with Crippen LogP contribution in [-0.4, -0.2) is 47.0 Å². The van der Waals surface area contributed by atoms with Crippen LogP contribution in [0.2, 0.25) is 0 Å². The first-order valence-corrected chi connectivity index (χ1v) is 11.1. The lowest BCUT2D eigenvalue weighted by atomic mass is 10.0. The molecule has 0 saturated heterocycles. The molecule has 4 aromatic rings. The van der Waals surface area contributed by atoms with Gasteiger partial charge in [0, 0.05) is 48.9 Å². The zero-order valence-corrected chi connectivity index (χ0v) is 20.4. The van der Waals surface area contributed by atoms with Gasteiger partial charge in [-0.1, -0.05) is 35.9 Å². The van der Waals surface area contributed by atoms with Crippen LogP contribution in [0.25, 0.3) is 22.0 Å². The highest BCUT2D eigenvalue weighted by Crippen LogP contribution is 2.36. The largest absolute Gasteiger partial charge is 0.496 e. The molecular formula is C27H29N5O2. The molecule has 0 unspecified atom stereocenters. The normalized spacial score (nSPS) is 11.8. The third-order valence-electron chi connectivity index (χ3n) is 5.72. The summed E-state index contributed by atoms with van der Waals surface area (Å²) in [5.74, 6) is 1.97. The fourth-order valence-corrected chi connectivity index (χ4v) is 3.91. The number of carbonyl (C=O) groups is 1. The highest BCUT2D eigenvalue weighted by Gasteiger charge is 2.16. The zero-order valence-electron chi connectivity index (χ0n) is 20.4. The van der Waals surface area contributed by atoms with Crippen molar-refractivity contribution in [2.75, 3.05) is 26.5 Å². The van der Waals surface area contributed by atoms with Crippen molar-refractivity contribution in [3.05, 3.63) is 77.4 Å². The topological polar surface area (TPSA) is 80.2 Å². The van der Waals surface area contributed by atoms with E-state index in [4.69, 9.17) is 9.72 Å². The number of fused-ring (bicyclic) bond motifs is 1. The Morgan fingerprint density at radius 3 is 2.50 bits per heavy atom. The van der Waals surface area contributed by atoms with Gasteiger partial charge in [0.25, 0.3) is 5.91 Å². The molecule has 0 radical (unpaired) electrons. The number of nitrogens with one attached hydrogen (secondary N) is 1. The highest BCUT2D eigenvalue weighted by atomic mass is 16.5. The molecular weight excluding hydrogens is 426 g/mol. The minimum absolute atomic E-state index is 0.0564. The van der Waals surface area contributed by atoms with Crippen molar-refractivity contribution in [2.24, 2.45) is 0 Å². The second kappa shape index (κ2) is 9.47. The summed E-state index contributed by atoms with van der Waals surface area (Å²) in [6.45, 7) is 6.09. The predicted octanol–water partition coefficient (Wildman–Crippen LogP) is 5.19. The Labute approximate surface area is 199 Å². The number of aromatic nitrogens is 3. The maximum atomic E-state index is 12.2. The van der Waals surface area contributed by atoms with Gasteiger partial charge in [0.15, 0.2) is 0 Å². The van der Waals surface area contributed by atoms with Gasteiger partial charge in [-0.25, -0.2) is 9.97 Å². The van der Waals surface area contributed by atoms with Gasteiger partial charge in [0.2, 0.25) is 0 Å². The number of hydrogen-bond acceptors (Lipinski definition) is 6. The quantitative estimate of drug-likeness (QED) is 0.431. The third-order valence-corrected chi connectivity index (χ3v) is 5.72. The minimum atomic E-state index is -0.141. The Kier molecular flexibility index (Phi) is 6.45. The highest BCUT2D eigenvalue weighted by molar-refractivity contribution is 5.96. The lowest BCUT2D eigenvalue weighted by Gasteiger charge is -2.18. The van der Waals surface area contributed by atoms with Gasteiger partial charge in [-0.3, -0.25) is 9.78 Å². The molecule has 1 N–H and O–H groups in total. The molecule has 4 rings (SSSR count). The lowest BCUT2D eigenvalue weighted by Crippen LogP contribution is -2.22. The average Bonchev–Trinajstić information content (AvgIpc) is 2.82. The first-order chi connectivity index (χ1) is 16.3. The van der Waals surface area contributed by atoms with Gasteiger partial charge in [-0.05, 0) is 38.5 Å². The van der Waals surface area contributed by atoms with Crippen molar-refractivity contribution in [1.29, 1.82) is 0 Å². The number of anilines is 1. The van der Waals surface area contributed by atoms with Gasteiger partial charge in [0.1, 0.15) is 23.1 Å². The molecule has 0 aliphatic rings. The van der Waals surface area contributed by atoms with E-state index >= 15 is 0 Å². The number of aryl methyl sites for hydroxylation is 2. The van der Waals surface area contributed by atoms with E-state index in [0.29, 0.717) is 17.3 Å². The minimum Gasteiger partial charge on any atom is -0.496 e. The number of carbonyl (C=O) groups excluding carboxylic acids is 1. The summed E-state index contributed by atoms with van der Waals surface area (Å²) in [5.41, 5.74) is 5.27. The molecule has 7 nitrogen and oxygen atoms in total. The molecule has 7 heteroatoms. The molecule has 1 amide bonds. The first-order valence-electron chi connectivity index (χ1n) is 11.1. The molecule has 2 aromatic carbocycles. The van der Waals surface area contributed by atoms with Crippen LogP contribution in [0.1, 0.15) is 40.4 Å². The molecule has 1 atom stereocenters. The van der Waals surface area contributed by atoms with Crippen molar-refractivity contribution in [2.45, 2.75) is 26.8 Å². The van der Waals surface area contributed by atoms with Crippen molar-refractivity contribution >= 4 is 22.6 Å². The summed E-state index contributed by atoms with van der Waals surface area (Å²) in [6, 6.07) is 16.0. The molecule has 0 saturated carbocycles. The molecule has 2 heterocycles. The van der Waals surface area contributed by atoms with Crippen molar-refractivity contribution < 1.29 is 9.53 Å². The number of pyridine rings is 1. The summed E-state index contributed by atoms with van der Waals surface area (Å²) in [5, 5.41) is 4.45. The molecule has 0 aliphatic heterocycles. The van der Waals surface area contributed by atoms with E-state index in [-0.39, 0.29) is 11.9 Å². The number of rotatable bonds is 6. The van der Waals surface area contributed by atoms with E-state index in [1.54, 1.807) is 33.5 Å². The zero-order chi connectivity index (χ0) is 24.4. The summed E-state index contributed by atoms with van der Waals surface area (Å²) in [7, 11) is 5.05. The van der Waals surface area contributed by atoms with Crippen LogP contribution in [0.15, 0.2) is 54.7 Å². The molecule has 0 fully saturated rings. The maximum Gasteiger partial charge on any atom is 0.271 e. The van der Waals surface area contributed by atoms with Crippen LogP contribution in [-0.2, 0) is 0 Å². The number of benzene rings is 2. The van der Waals surface area contributed by atoms with Crippen LogP contribution in [0.3, 0.4) is 0 Å².